The molecule has 0 spiro atoms. The van der Waals surface area contributed by atoms with Gasteiger partial charge in [-0.15, -0.1) is 0 Å². The van der Waals surface area contributed by atoms with Gasteiger partial charge in [0.1, 0.15) is 6.10 Å². The molecule has 1 fully saturated rings. The van der Waals surface area contributed by atoms with Crippen LogP contribution in [0, 0.1) is 11.8 Å². The lowest BCUT2D eigenvalue weighted by Gasteiger charge is -2.28. The van der Waals surface area contributed by atoms with Crippen LogP contribution in [0.15, 0.2) is 18.2 Å². The number of aryl methyl sites for hydroxylation is 1. The molecule has 0 aliphatic heterocycles. The first-order valence-corrected chi connectivity index (χ1v) is 12.5. The second-order valence-electron chi connectivity index (χ2n) is 9.63. The first-order chi connectivity index (χ1) is 14.2. The van der Waals surface area contributed by atoms with Crippen molar-refractivity contribution in [1.82, 2.24) is 0 Å². The van der Waals surface area contributed by atoms with E-state index < -0.39 is 0 Å². The van der Waals surface area contributed by atoms with Crippen LogP contribution in [0.25, 0.3) is 0 Å². The molecule has 0 heterocycles. The Morgan fingerprint density at radius 1 is 0.862 bits per heavy atom. The third-order valence-electron chi connectivity index (χ3n) is 7.25. The third kappa shape index (κ3) is 6.86. The van der Waals surface area contributed by atoms with E-state index in [2.05, 4.69) is 26.0 Å². The molecule has 0 radical (unpaired) electrons. The van der Waals surface area contributed by atoms with Gasteiger partial charge in [0.15, 0.2) is 0 Å². The lowest BCUT2D eigenvalue weighted by atomic mass is 9.80. The summed E-state index contributed by atoms with van der Waals surface area (Å²) in [6, 6.07) is 6.33. The zero-order valence-corrected chi connectivity index (χ0v) is 18.9. The van der Waals surface area contributed by atoms with E-state index in [1.807, 2.05) is 6.07 Å². The van der Waals surface area contributed by atoms with Gasteiger partial charge < -0.3 is 4.74 Å². The minimum absolute atomic E-state index is 0.107. The fourth-order valence-electron chi connectivity index (χ4n) is 5.41. The average Bonchev–Trinajstić information content (AvgIpc) is 2.74. The predicted octanol–water partition coefficient (Wildman–Crippen LogP) is 7.67. The molecule has 0 saturated heterocycles. The number of rotatable bonds is 10. The van der Waals surface area contributed by atoms with Crippen LogP contribution in [0.2, 0.25) is 0 Å². The highest BCUT2D eigenvalue weighted by atomic mass is 16.5. The normalized spacial score (nSPS) is 24.1. The third-order valence-corrected chi connectivity index (χ3v) is 7.25. The number of esters is 1. The molecule has 1 atom stereocenters. The number of carbonyl (C=O) groups is 1. The van der Waals surface area contributed by atoms with E-state index >= 15 is 0 Å². The van der Waals surface area contributed by atoms with Gasteiger partial charge in [-0.05, 0) is 80.0 Å². The quantitative estimate of drug-likeness (QED) is 0.298. The summed E-state index contributed by atoms with van der Waals surface area (Å²) in [5, 5.41) is 0. The number of fused-ring (bicyclic) bond motifs is 1. The van der Waals surface area contributed by atoms with E-state index in [0.29, 0.717) is 0 Å². The van der Waals surface area contributed by atoms with Crippen LogP contribution in [0.4, 0.5) is 0 Å². The van der Waals surface area contributed by atoms with Gasteiger partial charge in [-0.3, -0.25) is 0 Å². The summed E-state index contributed by atoms with van der Waals surface area (Å²) in [7, 11) is 0. The maximum Gasteiger partial charge on any atom is 0.338 e. The number of hydrogen-bond donors (Lipinski definition) is 0. The maximum atomic E-state index is 12.7. The molecule has 0 amide bonds. The van der Waals surface area contributed by atoms with Crippen LogP contribution in [0.3, 0.4) is 0 Å². The van der Waals surface area contributed by atoms with Crippen LogP contribution >= 0.6 is 0 Å². The van der Waals surface area contributed by atoms with E-state index in [4.69, 9.17) is 4.74 Å². The van der Waals surface area contributed by atoms with E-state index in [1.165, 1.54) is 88.2 Å². The van der Waals surface area contributed by atoms with Gasteiger partial charge >= 0.3 is 5.97 Å². The van der Waals surface area contributed by atoms with Gasteiger partial charge in [-0.1, -0.05) is 71.3 Å². The molecule has 2 heteroatoms. The molecule has 0 N–H and O–H groups in total. The molecule has 2 aliphatic carbocycles. The highest BCUT2D eigenvalue weighted by Crippen LogP contribution is 2.32. The summed E-state index contributed by atoms with van der Waals surface area (Å²) >= 11 is 0. The minimum Gasteiger partial charge on any atom is -0.459 e. The van der Waals surface area contributed by atoms with E-state index in [0.717, 1.165) is 36.7 Å². The van der Waals surface area contributed by atoms with Crippen molar-refractivity contribution in [3.05, 3.63) is 34.9 Å². The molecule has 0 bridgehead atoms. The van der Waals surface area contributed by atoms with Gasteiger partial charge in [0.2, 0.25) is 0 Å². The number of hydrogen-bond acceptors (Lipinski definition) is 2. The Morgan fingerprint density at radius 3 is 2.41 bits per heavy atom. The summed E-state index contributed by atoms with van der Waals surface area (Å²) < 4.78 is 5.86. The Morgan fingerprint density at radius 2 is 1.66 bits per heavy atom. The van der Waals surface area contributed by atoms with Crippen molar-refractivity contribution in [3.8, 4) is 0 Å². The largest absolute Gasteiger partial charge is 0.459 e. The number of ether oxygens (including phenoxy) is 1. The molecule has 0 aromatic heterocycles. The molecule has 1 aromatic rings. The van der Waals surface area contributed by atoms with Gasteiger partial charge in [0.25, 0.3) is 0 Å². The Bertz CT molecular complexity index is 627. The van der Waals surface area contributed by atoms with Crippen LogP contribution in [-0.4, -0.2) is 12.1 Å². The van der Waals surface area contributed by atoms with Gasteiger partial charge in [0.05, 0.1) is 5.56 Å². The standard InChI is InChI=1S/C27H42O2/c1-3-5-6-7-8-10-22-11-14-24-20-25(16-15-23(24)19-22)27(28)29-26-17-12-21(9-4-2)13-18-26/h15-16,20-22,26H,3-14,17-19H2,1-2H3. The minimum atomic E-state index is -0.107. The Balaban J connectivity index is 1.45. The van der Waals surface area contributed by atoms with E-state index in [1.54, 1.807) is 0 Å². The van der Waals surface area contributed by atoms with E-state index in [-0.39, 0.29) is 12.1 Å². The molecule has 1 saturated carbocycles. The van der Waals surface area contributed by atoms with Crippen molar-refractivity contribution < 1.29 is 9.53 Å². The van der Waals surface area contributed by atoms with Crippen molar-refractivity contribution >= 4 is 5.97 Å². The van der Waals surface area contributed by atoms with Crippen molar-refractivity contribution in [2.45, 2.75) is 116 Å². The molecule has 1 aromatic carbocycles. The topological polar surface area (TPSA) is 26.3 Å². The Hall–Kier alpha value is -1.31. The molecular formula is C27H42O2. The fourth-order valence-corrected chi connectivity index (χ4v) is 5.41. The monoisotopic (exact) mass is 398 g/mol. The molecule has 29 heavy (non-hydrogen) atoms. The van der Waals surface area contributed by atoms with Crippen LogP contribution in [0.1, 0.15) is 119 Å². The smallest absolute Gasteiger partial charge is 0.338 e. The summed E-state index contributed by atoms with van der Waals surface area (Å²) in [6.45, 7) is 4.54. The van der Waals surface area contributed by atoms with Crippen molar-refractivity contribution in [3.63, 3.8) is 0 Å². The van der Waals surface area contributed by atoms with Gasteiger partial charge in [-0.2, -0.15) is 0 Å². The van der Waals surface area contributed by atoms with Crippen molar-refractivity contribution in [2.24, 2.45) is 11.8 Å². The Kier molecular flexibility index (Phi) is 9.08. The number of benzene rings is 1. The molecule has 162 valence electrons. The maximum absolute atomic E-state index is 12.7. The lowest BCUT2D eigenvalue weighted by molar-refractivity contribution is 0.0161. The highest BCUT2D eigenvalue weighted by molar-refractivity contribution is 5.89. The SMILES string of the molecule is CCCCCCCC1CCc2cc(C(=O)OC3CCC(CCC)CC3)ccc2C1. The fraction of sp³-hybridized carbons (Fsp3) is 0.741. The van der Waals surface area contributed by atoms with E-state index in [9.17, 15) is 4.79 Å². The van der Waals surface area contributed by atoms with Crippen LogP contribution in [-0.2, 0) is 17.6 Å². The first-order valence-electron chi connectivity index (χ1n) is 12.5. The van der Waals surface area contributed by atoms with Crippen molar-refractivity contribution in [1.29, 1.82) is 0 Å². The summed E-state index contributed by atoms with van der Waals surface area (Å²) in [5.74, 6) is 1.57. The molecule has 2 nitrogen and oxygen atoms in total. The average molecular weight is 399 g/mol. The predicted molar refractivity (Wildman–Crippen MR) is 121 cm³/mol. The summed E-state index contributed by atoms with van der Waals surface area (Å²) in [5.41, 5.74) is 3.61. The second-order valence-corrected chi connectivity index (χ2v) is 9.63. The molecule has 2 aliphatic rings. The first kappa shape index (κ1) is 22.4. The number of unbranched alkanes of at least 4 members (excludes halogenated alkanes) is 4. The second kappa shape index (κ2) is 11.8. The van der Waals surface area contributed by atoms with Crippen LogP contribution < -0.4 is 0 Å². The summed E-state index contributed by atoms with van der Waals surface area (Å²) in [4.78, 5) is 12.7. The number of carbonyl (C=O) groups excluding carboxylic acids is 1. The zero-order valence-electron chi connectivity index (χ0n) is 18.9. The van der Waals surface area contributed by atoms with Crippen molar-refractivity contribution in [2.75, 3.05) is 0 Å². The molecule has 3 rings (SSSR count). The van der Waals surface area contributed by atoms with Crippen LogP contribution in [0.5, 0.6) is 0 Å². The lowest BCUT2D eigenvalue weighted by Crippen LogP contribution is -2.24. The molecular weight excluding hydrogens is 356 g/mol. The zero-order chi connectivity index (χ0) is 20.5. The van der Waals surface area contributed by atoms with Gasteiger partial charge in [-0.25, -0.2) is 4.79 Å². The van der Waals surface area contributed by atoms with Gasteiger partial charge in [0, 0.05) is 0 Å². The highest BCUT2D eigenvalue weighted by Gasteiger charge is 2.25. The Labute approximate surface area is 178 Å². The summed E-state index contributed by atoms with van der Waals surface area (Å²) in [6.07, 6.45) is 19.1. The molecule has 1 unspecified atom stereocenters.